The minimum atomic E-state index is -0.729. The largest absolute Gasteiger partial charge is 0.356 e. The van der Waals surface area contributed by atoms with Crippen molar-refractivity contribution in [2.45, 2.75) is 64.7 Å². The topological polar surface area (TPSA) is 157 Å². The van der Waals surface area contributed by atoms with E-state index < -0.39 is 21.2 Å². The van der Waals surface area contributed by atoms with Crippen LogP contribution < -0.4 is 10.7 Å². The molecular weight excluding hydrogens is 478 g/mol. The van der Waals surface area contributed by atoms with Crippen molar-refractivity contribution in [3.05, 3.63) is 74.3 Å². The van der Waals surface area contributed by atoms with Crippen molar-refractivity contribution in [3.63, 3.8) is 0 Å². The number of anilines is 1. The molecule has 11 heteroatoms. The second-order valence-corrected chi connectivity index (χ2v) is 8.62. The van der Waals surface area contributed by atoms with E-state index in [4.69, 9.17) is 0 Å². The lowest BCUT2D eigenvalue weighted by molar-refractivity contribution is -0.393. The lowest BCUT2D eigenvalue weighted by Crippen LogP contribution is -2.26. The van der Waals surface area contributed by atoms with Gasteiger partial charge in [0.2, 0.25) is 5.91 Å². The van der Waals surface area contributed by atoms with Gasteiger partial charge in [-0.2, -0.15) is 5.10 Å². The van der Waals surface area contributed by atoms with Gasteiger partial charge in [-0.15, -0.1) is 0 Å². The van der Waals surface area contributed by atoms with E-state index in [1.807, 2.05) is 30.3 Å². The van der Waals surface area contributed by atoms with Gasteiger partial charge in [0.1, 0.15) is 11.5 Å². The third-order valence-electron chi connectivity index (χ3n) is 5.65. The molecule has 0 aliphatic rings. The summed E-state index contributed by atoms with van der Waals surface area (Å²) < 4.78 is 0. The number of rotatable bonds is 17. The van der Waals surface area contributed by atoms with E-state index in [2.05, 4.69) is 22.8 Å². The van der Waals surface area contributed by atoms with Crippen molar-refractivity contribution in [2.24, 2.45) is 5.10 Å². The molecule has 0 fully saturated rings. The first-order valence-corrected chi connectivity index (χ1v) is 12.4. The van der Waals surface area contributed by atoms with Crippen molar-refractivity contribution in [2.75, 3.05) is 12.0 Å². The third-order valence-corrected chi connectivity index (χ3v) is 5.65. The van der Waals surface area contributed by atoms with Gasteiger partial charge in [0.25, 0.3) is 5.69 Å². The first-order valence-electron chi connectivity index (χ1n) is 12.4. The first-order chi connectivity index (χ1) is 17.8. The van der Waals surface area contributed by atoms with Gasteiger partial charge in [-0.05, 0) is 30.9 Å². The number of Topliss-reactive ketones (excluding diaryl/α,β-unsaturated/α-hetero) is 1. The lowest BCUT2D eigenvalue weighted by atomic mass is 10.0. The zero-order chi connectivity index (χ0) is 27.0. The van der Waals surface area contributed by atoms with Gasteiger partial charge in [-0.25, -0.2) is 0 Å². The maximum absolute atomic E-state index is 12.6. The Morgan fingerprint density at radius 1 is 0.919 bits per heavy atom. The van der Waals surface area contributed by atoms with Crippen molar-refractivity contribution in [1.29, 1.82) is 0 Å². The van der Waals surface area contributed by atoms with Crippen LogP contribution >= 0.6 is 0 Å². The van der Waals surface area contributed by atoms with Gasteiger partial charge in [0.15, 0.2) is 0 Å². The molecule has 198 valence electrons. The predicted molar refractivity (Wildman–Crippen MR) is 142 cm³/mol. The molecule has 0 heterocycles. The fourth-order valence-electron chi connectivity index (χ4n) is 3.61. The van der Waals surface area contributed by atoms with Crippen molar-refractivity contribution in [1.82, 2.24) is 5.32 Å². The van der Waals surface area contributed by atoms with Crippen LogP contribution in [-0.4, -0.2) is 33.8 Å². The Hall–Kier alpha value is -4.15. The zero-order valence-corrected chi connectivity index (χ0v) is 21.0. The van der Waals surface area contributed by atoms with Gasteiger partial charge in [-0.3, -0.25) is 35.2 Å². The molecule has 0 aliphatic heterocycles. The molecule has 0 aromatic heterocycles. The van der Waals surface area contributed by atoms with Crippen LogP contribution in [-0.2, 0) is 16.0 Å². The molecular formula is C26H33N5O6. The Labute approximate surface area is 215 Å². The second kappa shape index (κ2) is 15.8. The number of nitro benzene ring substituents is 2. The molecule has 0 saturated heterocycles. The summed E-state index contributed by atoms with van der Waals surface area (Å²) in [6.45, 7) is 2.57. The predicted octanol–water partition coefficient (Wildman–Crippen LogP) is 5.34. The number of ketones is 1. The van der Waals surface area contributed by atoms with E-state index in [9.17, 15) is 29.8 Å². The molecule has 2 N–H and O–H groups in total. The molecule has 0 unspecified atom stereocenters. The SMILES string of the molecule is CCCCCC/C(CC(=O)CCC(=O)NCCc1ccccc1)=N\Nc1ccc([N+](=O)[O-])cc1[N+](=O)[O-]. The molecule has 11 nitrogen and oxygen atoms in total. The minimum absolute atomic E-state index is 0.00750. The van der Waals surface area contributed by atoms with Gasteiger partial charge < -0.3 is 5.32 Å². The number of hydrazone groups is 1. The molecule has 2 aromatic rings. The number of unbranched alkanes of at least 4 members (excludes halogenated alkanes) is 3. The number of amides is 1. The van der Waals surface area contributed by atoms with Crippen LogP contribution in [0.15, 0.2) is 53.6 Å². The average molecular weight is 512 g/mol. The molecule has 0 atom stereocenters. The fourth-order valence-corrected chi connectivity index (χ4v) is 3.61. The van der Waals surface area contributed by atoms with Gasteiger partial charge >= 0.3 is 5.69 Å². The highest BCUT2D eigenvalue weighted by Crippen LogP contribution is 2.29. The summed E-state index contributed by atoms with van der Waals surface area (Å²) in [5, 5.41) is 29.4. The van der Waals surface area contributed by atoms with Crippen molar-refractivity contribution < 1.29 is 19.4 Å². The summed E-state index contributed by atoms with van der Waals surface area (Å²) >= 11 is 0. The number of hydrogen-bond acceptors (Lipinski definition) is 8. The summed E-state index contributed by atoms with van der Waals surface area (Å²) in [6.07, 6.45) is 5.18. The number of nitrogens with one attached hydrogen (secondary N) is 2. The fraction of sp³-hybridized carbons (Fsp3) is 0.423. The van der Waals surface area contributed by atoms with E-state index in [1.165, 1.54) is 6.07 Å². The first kappa shape index (κ1) is 29.1. The third kappa shape index (κ3) is 11.0. The van der Waals surface area contributed by atoms with E-state index in [1.54, 1.807) is 0 Å². The number of nitrogens with zero attached hydrogens (tertiary/aromatic N) is 3. The Balaban J connectivity index is 1.95. The Bertz CT molecular complexity index is 1100. The molecule has 0 spiro atoms. The van der Waals surface area contributed by atoms with Crippen LogP contribution in [0.5, 0.6) is 0 Å². The maximum atomic E-state index is 12.6. The minimum Gasteiger partial charge on any atom is -0.356 e. The summed E-state index contributed by atoms with van der Waals surface area (Å²) in [5.74, 6) is -0.363. The molecule has 1 amide bonds. The monoisotopic (exact) mass is 511 g/mol. The molecule has 0 radical (unpaired) electrons. The highest BCUT2D eigenvalue weighted by molar-refractivity contribution is 6.03. The smallest absolute Gasteiger partial charge is 0.301 e. The number of benzene rings is 2. The second-order valence-electron chi connectivity index (χ2n) is 8.62. The van der Waals surface area contributed by atoms with Gasteiger partial charge in [0, 0.05) is 37.6 Å². The molecule has 37 heavy (non-hydrogen) atoms. The Morgan fingerprint density at radius 3 is 2.35 bits per heavy atom. The van der Waals surface area contributed by atoms with Crippen molar-refractivity contribution in [3.8, 4) is 0 Å². The number of carbonyl (C=O) groups excluding carboxylic acids is 2. The quantitative estimate of drug-likeness (QED) is 0.126. The van der Waals surface area contributed by atoms with Crippen LogP contribution in [0.2, 0.25) is 0 Å². The maximum Gasteiger partial charge on any atom is 0.301 e. The number of hydrogen-bond donors (Lipinski definition) is 2. The molecule has 2 rings (SSSR count). The normalized spacial score (nSPS) is 11.1. The lowest BCUT2D eigenvalue weighted by Gasteiger charge is -2.09. The number of carbonyl (C=O) groups is 2. The van der Waals surface area contributed by atoms with Crippen LogP contribution in [0.1, 0.15) is 63.9 Å². The van der Waals surface area contributed by atoms with Crippen molar-refractivity contribution >= 4 is 34.5 Å². The molecule has 0 bridgehead atoms. The molecule has 0 saturated carbocycles. The van der Waals surface area contributed by atoms with E-state index in [0.717, 1.165) is 43.4 Å². The summed E-state index contributed by atoms with van der Waals surface area (Å²) in [4.78, 5) is 45.6. The van der Waals surface area contributed by atoms with Crippen LogP contribution in [0, 0.1) is 20.2 Å². The van der Waals surface area contributed by atoms with Crippen LogP contribution in [0.25, 0.3) is 0 Å². The summed E-state index contributed by atoms with van der Waals surface area (Å²) in [5.41, 5.74) is 3.34. The molecule has 0 aliphatic carbocycles. The summed E-state index contributed by atoms with van der Waals surface area (Å²) in [7, 11) is 0. The highest BCUT2D eigenvalue weighted by atomic mass is 16.6. The zero-order valence-electron chi connectivity index (χ0n) is 21.0. The van der Waals surface area contributed by atoms with Gasteiger partial charge in [0.05, 0.1) is 15.9 Å². The average Bonchev–Trinajstić information content (AvgIpc) is 2.88. The van der Waals surface area contributed by atoms with Crippen LogP contribution in [0.4, 0.5) is 17.1 Å². The number of non-ortho nitro benzene ring substituents is 1. The van der Waals surface area contributed by atoms with E-state index in [0.29, 0.717) is 25.1 Å². The standard InChI is InChI=1S/C26H33N5O6/c1-2-3-4-8-11-21(28-29-24-14-12-22(30(34)35)19-25(24)31(36)37)18-23(32)13-15-26(33)27-17-16-20-9-6-5-7-10-20/h5-7,9-10,12,14,19,29H,2-4,8,11,13,15-18H2,1H3,(H,27,33)/b28-21+. The Kier molecular flexibility index (Phi) is 12.4. The van der Waals surface area contributed by atoms with E-state index in [-0.39, 0.29) is 36.6 Å². The highest BCUT2D eigenvalue weighted by Gasteiger charge is 2.19. The van der Waals surface area contributed by atoms with Gasteiger partial charge in [-0.1, -0.05) is 56.5 Å². The Morgan fingerprint density at radius 2 is 1.68 bits per heavy atom. The molecule has 2 aromatic carbocycles. The summed E-state index contributed by atoms with van der Waals surface area (Å²) in [6, 6.07) is 13.0. The van der Waals surface area contributed by atoms with Crippen LogP contribution in [0.3, 0.4) is 0 Å². The number of nitro groups is 2. The van der Waals surface area contributed by atoms with E-state index >= 15 is 0 Å².